The molecule has 0 N–H and O–H groups in total. The molecule has 1 heterocycles. The average Bonchev–Trinajstić information content (AvgIpc) is 2.95. The van der Waals surface area contributed by atoms with Crippen LogP contribution in [0.2, 0.25) is 0 Å². The van der Waals surface area contributed by atoms with E-state index in [1.165, 1.54) is 0 Å². The second-order valence-corrected chi connectivity index (χ2v) is 5.52. The smallest absolute Gasteiger partial charge is 0.300 e. The van der Waals surface area contributed by atoms with E-state index < -0.39 is 17.3 Å². The number of aromatic nitrogens is 2. The minimum Gasteiger partial charge on any atom is -0.359 e. The molecule has 6 heteroatoms. The highest BCUT2D eigenvalue weighted by molar-refractivity contribution is 6.17. The number of hydrogen-bond donors (Lipinski definition) is 0. The third-order valence-electron chi connectivity index (χ3n) is 3.60. The number of benzene rings is 2. The summed E-state index contributed by atoms with van der Waals surface area (Å²) in [6.07, 6.45) is 0. The van der Waals surface area contributed by atoms with E-state index in [4.69, 9.17) is 0 Å². The lowest BCUT2D eigenvalue weighted by Crippen LogP contribution is -2.33. The molecule has 2 aromatic carbocycles. The number of carbonyl (C=O) groups excluding carboxylic acids is 2. The van der Waals surface area contributed by atoms with E-state index in [2.05, 4.69) is 9.79 Å². The normalized spacial score (nSPS) is 10.6. The van der Waals surface area contributed by atoms with E-state index in [-0.39, 0.29) is 10.6 Å². The molecule has 6 nitrogen and oxygen atoms in total. The third kappa shape index (κ3) is 2.81. The fourth-order valence-electron chi connectivity index (χ4n) is 2.43. The van der Waals surface area contributed by atoms with Gasteiger partial charge in [-0.1, -0.05) is 47.5 Å². The first-order valence-corrected chi connectivity index (χ1v) is 7.30. The summed E-state index contributed by atoms with van der Waals surface area (Å²) in [5.41, 5.74) is 1.67. The number of rotatable bonds is 4. The van der Waals surface area contributed by atoms with E-state index in [0.717, 1.165) is 11.1 Å². The first kappa shape index (κ1) is 15.6. The average molecular weight is 322 g/mol. The Labute approximate surface area is 137 Å². The van der Waals surface area contributed by atoms with Crippen LogP contribution in [0.3, 0.4) is 0 Å². The maximum absolute atomic E-state index is 12.6. The van der Waals surface area contributed by atoms with Crippen molar-refractivity contribution in [2.75, 3.05) is 0 Å². The zero-order valence-electron chi connectivity index (χ0n) is 13.1. The summed E-state index contributed by atoms with van der Waals surface area (Å²) in [7, 11) is 0. The molecule has 0 aliphatic rings. The predicted molar refractivity (Wildman–Crippen MR) is 84.7 cm³/mol. The number of aryl methyl sites for hydroxylation is 2. The minimum atomic E-state index is -0.606. The van der Waals surface area contributed by atoms with Gasteiger partial charge in [-0.25, -0.2) is 0 Å². The van der Waals surface area contributed by atoms with Gasteiger partial charge in [0.25, 0.3) is 11.4 Å². The lowest BCUT2D eigenvalue weighted by Gasteiger charge is -2.01. The molecule has 3 rings (SSSR count). The summed E-state index contributed by atoms with van der Waals surface area (Å²) in [4.78, 5) is 25.2. The van der Waals surface area contributed by atoms with Gasteiger partial charge in [0.15, 0.2) is 0 Å². The Bertz CT molecular complexity index is 944. The van der Waals surface area contributed by atoms with Crippen LogP contribution < -0.4 is 4.90 Å². The standard InChI is InChI=1S/C18H14N2O4/c1-11-5-3-7-13(9-11)17(21)15-16(20(23)24-19-15)18(22)14-8-4-6-12(2)10-14/h3-10H,1-2H3. The monoisotopic (exact) mass is 322 g/mol. The number of ketones is 2. The van der Waals surface area contributed by atoms with Gasteiger partial charge in [-0.2, -0.15) is 0 Å². The maximum atomic E-state index is 12.6. The fourth-order valence-corrected chi connectivity index (χ4v) is 2.43. The van der Waals surface area contributed by atoms with Crippen LogP contribution in [0.5, 0.6) is 0 Å². The van der Waals surface area contributed by atoms with Gasteiger partial charge >= 0.3 is 0 Å². The Morgan fingerprint density at radius 3 is 2.04 bits per heavy atom. The summed E-state index contributed by atoms with van der Waals surface area (Å²) in [5.74, 6) is -1.14. The second-order valence-electron chi connectivity index (χ2n) is 5.52. The third-order valence-corrected chi connectivity index (χ3v) is 3.60. The van der Waals surface area contributed by atoms with Gasteiger partial charge in [0.2, 0.25) is 11.6 Å². The highest BCUT2D eigenvalue weighted by Crippen LogP contribution is 2.16. The molecule has 0 radical (unpaired) electrons. The molecule has 0 spiro atoms. The zero-order chi connectivity index (χ0) is 17.3. The van der Waals surface area contributed by atoms with E-state index in [9.17, 15) is 14.8 Å². The SMILES string of the molecule is Cc1cccc(C(=O)c2no[n+]([O-])c2C(=O)c2cccc(C)c2)c1. The molecule has 0 aliphatic carbocycles. The quantitative estimate of drug-likeness (QED) is 0.543. The van der Waals surface area contributed by atoms with Gasteiger partial charge in [-0.3, -0.25) is 14.2 Å². The summed E-state index contributed by atoms with van der Waals surface area (Å²) >= 11 is 0. The van der Waals surface area contributed by atoms with E-state index in [1.54, 1.807) is 36.4 Å². The van der Waals surface area contributed by atoms with Gasteiger partial charge in [0, 0.05) is 11.1 Å². The fraction of sp³-hybridized carbons (Fsp3) is 0.111. The molecule has 0 saturated heterocycles. The van der Waals surface area contributed by atoms with Crippen molar-refractivity contribution in [3.05, 3.63) is 87.4 Å². The molecular formula is C18H14N2O4. The number of carbonyl (C=O) groups is 2. The van der Waals surface area contributed by atoms with Gasteiger partial charge in [-0.15, -0.1) is 0 Å². The second kappa shape index (κ2) is 6.08. The number of nitrogens with zero attached hydrogens (tertiary/aromatic N) is 2. The van der Waals surface area contributed by atoms with Crippen molar-refractivity contribution in [3.8, 4) is 0 Å². The van der Waals surface area contributed by atoms with E-state index >= 15 is 0 Å². The molecular weight excluding hydrogens is 308 g/mol. The van der Waals surface area contributed by atoms with Crippen LogP contribution in [0.15, 0.2) is 53.2 Å². The topological polar surface area (TPSA) is 87.1 Å². The Kier molecular flexibility index (Phi) is 3.95. The van der Waals surface area contributed by atoms with Crippen LogP contribution in [-0.4, -0.2) is 16.7 Å². The maximum Gasteiger partial charge on any atom is 0.300 e. The molecule has 0 bridgehead atoms. The molecule has 3 aromatic rings. The van der Waals surface area contributed by atoms with Crippen molar-refractivity contribution >= 4 is 11.6 Å². The first-order valence-electron chi connectivity index (χ1n) is 7.30. The van der Waals surface area contributed by atoms with Crippen molar-refractivity contribution in [2.24, 2.45) is 0 Å². The Morgan fingerprint density at radius 1 is 0.958 bits per heavy atom. The van der Waals surface area contributed by atoms with Crippen LogP contribution >= 0.6 is 0 Å². The Hall–Kier alpha value is -3.28. The first-order chi connectivity index (χ1) is 11.5. The molecule has 0 amide bonds. The Morgan fingerprint density at radius 2 is 1.50 bits per heavy atom. The zero-order valence-corrected chi connectivity index (χ0v) is 13.1. The summed E-state index contributed by atoms with van der Waals surface area (Å²) in [6, 6.07) is 13.6. The van der Waals surface area contributed by atoms with Crippen LogP contribution in [-0.2, 0) is 0 Å². The van der Waals surface area contributed by atoms with Gasteiger partial charge in [0.1, 0.15) is 0 Å². The van der Waals surface area contributed by atoms with Crippen molar-refractivity contribution in [1.29, 1.82) is 0 Å². The predicted octanol–water partition coefficient (Wildman–Crippen LogP) is 2.39. The largest absolute Gasteiger partial charge is 0.359 e. The molecule has 0 aliphatic heterocycles. The van der Waals surface area contributed by atoms with Crippen molar-refractivity contribution < 1.29 is 19.1 Å². The molecule has 0 fully saturated rings. The minimum absolute atomic E-state index is 0.0201. The lowest BCUT2D eigenvalue weighted by atomic mass is 10.00. The van der Waals surface area contributed by atoms with E-state index in [0.29, 0.717) is 11.1 Å². The summed E-state index contributed by atoms with van der Waals surface area (Å²) < 4.78 is 4.51. The highest BCUT2D eigenvalue weighted by Gasteiger charge is 2.33. The molecule has 1 aromatic heterocycles. The van der Waals surface area contributed by atoms with Crippen LogP contribution in [0.25, 0.3) is 0 Å². The van der Waals surface area contributed by atoms with Gasteiger partial charge < -0.3 is 5.21 Å². The lowest BCUT2D eigenvalue weighted by molar-refractivity contribution is -0.803. The number of hydrogen-bond acceptors (Lipinski definition) is 5. The van der Waals surface area contributed by atoms with Crippen molar-refractivity contribution in [1.82, 2.24) is 5.16 Å². The molecule has 0 atom stereocenters. The van der Waals surface area contributed by atoms with Crippen LogP contribution in [0.4, 0.5) is 0 Å². The molecule has 120 valence electrons. The molecule has 0 unspecified atom stereocenters. The van der Waals surface area contributed by atoms with Crippen LogP contribution in [0.1, 0.15) is 43.2 Å². The van der Waals surface area contributed by atoms with Gasteiger partial charge in [-0.05, 0) is 30.9 Å². The molecule has 24 heavy (non-hydrogen) atoms. The summed E-state index contributed by atoms with van der Waals surface area (Å²) in [5, 5.41) is 15.4. The van der Waals surface area contributed by atoms with Crippen LogP contribution in [0, 0.1) is 19.1 Å². The van der Waals surface area contributed by atoms with Crippen molar-refractivity contribution in [2.45, 2.75) is 13.8 Å². The summed E-state index contributed by atoms with van der Waals surface area (Å²) in [6.45, 7) is 3.67. The Balaban J connectivity index is 2.06. The highest BCUT2D eigenvalue weighted by atomic mass is 16.8. The van der Waals surface area contributed by atoms with Gasteiger partial charge in [0.05, 0.1) is 5.16 Å². The van der Waals surface area contributed by atoms with E-state index in [1.807, 2.05) is 26.0 Å². The molecule has 0 saturated carbocycles. The van der Waals surface area contributed by atoms with Crippen molar-refractivity contribution in [3.63, 3.8) is 0 Å².